The Morgan fingerprint density at radius 2 is 1.96 bits per heavy atom. The summed E-state index contributed by atoms with van der Waals surface area (Å²) in [5.74, 6) is 0.592. The zero-order chi connectivity index (χ0) is 17.6. The first-order valence-corrected chi connectivity index (χ1v) is 8.24. The highest BCUT2D eigenvalue weighted by atomic mass is 16.5. The van der Waals surface area contributed by atoms with Crippen LogP contribution in [0.2, 0.25) is 0 Å². The molecular formula is C20H21N3O2. The lowest BCUT2D eigenvalue weighted by Crippen LogP contribution is -2.22. The molecule has 0 unspecified atom stereocenters. The number of ether oxygens (including phenoxy) is 1. The van der Waals surface area contributed by atoms with Gasteiger partial charge in [0.05, 0.1) is 12.8 Å². The molecule has 3 aromatic rings. The summed E-state index contributed by atoms with van der Waals surface area (Å²) < 4.78 is 7.21. The number of rotatable bonds is 6. The van der Waals surface area contributed by atoms with E-state index in [4.69, 9.17) is 4.74 Å². The number of aromatic nitrogens is 2. The third-order valence-electron chi connectivity index (χ3n) is 3.85. The quantitative estimate of drug-likeness (QED) is 0.751. The average Bonchev–Trinajstić information content (AvgIpc) is 3.07. The van der Waals surface area contributed by atoms with E-state index in [1.54, 1.807) is 16.8 Å². The van der Waals surface area contributed by atoms with Crippen molar-refractivity contribution in [3.05, 3.63) is 72.1 Å². The van der Waals surface area contributed by atoms with Crippen LogP contribution in [-0.2, 0) is 13.6 Å². The van der Waals surface area contributed by atoms with Crippen LogP contribution in [0.3, 0.4) is 0 Å². The van der Waals surface area contributed by atoms with E-state index in [-0.39, 0.29) is 5.91 Å². The van der Waals surface area contributed by atoms with Gasteiger partial charge in [-0.15, -0.1) is 0 Å². The minimum absolute atomic E-state index is 0.113. The standard InChI is InChI=1S/C20H21N3O2/c1-3-25-19-6-4-5-17(11-19)20(24)21-12-15-7-9-16(10-8-15)18-13-22-23(2)14-18/h4-11,13-14H,3,12H2,1-2H3,(H,21,24). The fourth-order valence-electron chi connectivity index (χ4n) is 2.56. The number of aryl methyl sites for hydroxylation is 1. The van der Waals surface area contributed by atoms with Gasteiger partial charge in [0.25, 0.3) is 5.91 Å². The van der Waals surface area contributed by atoms with Crippen LogP contribution in [0.1, 0.15) is 22.8 Å². The normalized spacial score (nSPS) is 10.5. The van der Waals surface area contributed by atoms with Gasteiger partial charge < -0.3 is 10.1 Å². The van der Waals surface area contributed by atoms with Crippen molar-refractivity contribution in [1.82, 2.24) is 15.1 Å². The highest BCUT2D eigenvalue weighted by Gasteiger charge is 2.07. The second kappa shape index (κ2) is 7.66. The van der Waals surface area contributed by atoms with Crippen molar-refractivity contribution >= 4 is 5.91 Å². The summed E-state index contributed by atoms with van der Waals surface area (Å²) >= 11 is 0. The number of benzene rings is 2. The number of carbonyl (C=O) groups excluding carboxylic acids is 1. The molecule has 1 amide bonds. The Morgan fingerprint density at radius 1 is 1.16 bits per heavy atom. The van der Waals surface area contributed by atoms with E-state index in [2.05, 4.69) is 10.4 Å². The molecule has 0 saturated heterocycles. The second-order valence-corrected chi connectivity index (χ2v) is 5.74. The molecule has 0 aliphatic heterocycles. The lowest BCUT2D eigenvalue weighted by Gasteiger charge is -2.08. The minimum Gasteiger partial charge on any atom is -0.494 e. The number of carbonyl (C=O) groups is 1. The molecule has 1 aromatic heterocycles. The van der Waals surface area contributed by atoms with Crippen LogP contribution in [-0.4, -0.2) is 22.3 Å². The summed E-state index contributed by atoms with van der Waals surface area (Å²) in [6.07, 6.45) is 3.81. The highest BCUT2D eigenvalue weighted by Crippen LogP contribution is 2.19. The fourth-order valence-corrected chi connectivity index (χ4v) is 2.56. The Morgan fingerprint density at radius 3 is 2.64 bits per heavy atom. The number of nitrogens with one attached hydrogen (secondary N) is 1. The maximum absolute atomic E-state index is 12.3. The Labute approximate surface area is 147 Å². The molecule has 25 heavy (non-hydrogen) atoms. The van der Waals surface area contributed by atoms with Crippen LogP contribution in [0.15, 0.2) is 60.9 Å². The van der Waals surface area contributed by atoms with Gasteiger partial charge in [-0.1, -0.05) is 30.3 Å². The predicted octanol–water partition coefficient (Wildman–Crippen LogP) is 3.42. The molecule has 0 bridgehead atoms. The van der Waals surface area contributed by atoms with Crippen LogP contribution in [0.5, 0.6) is 5.75 Å². The van der Waals surface area contributed by atoms with Gasteiger partial charge in [0, 0.05) is 30.9 Å². The van der Waals surface area contributed by atoms with Gasteiger partial charge in [-0.3, -0.25) is 9.48 Å². The molecule has 0 saturated carbocycles. The first-order valence-electron chi connectivity index (χ1n) is 8.24. The SMILES string of the molecule is CCOc1cccc(C(=O)NCc2ccc(-c3cnn(C)c3)cc2)c1. The van der Waals surface area contributed by atoms with Gasteiger partial charge in [-0.2, -0.15) is 5.10 Å². The minimum atomic E-state index is -0.113. The van der Waals surface area contributed by atoms with E-state index in [0.717, 1.165) is 16.7 Å². The molecule has 0 spiro atoms. The van der Waals surface area contributed by atoms with Crippen LogP contribution in [0, 0.1) is 0 Å². The Bertz CT molecular complexity index is 853. The van der Waals surface area contributed by atoms with E-state index in [9.17, 15) is 4.79 Å². The maximum atomic E-state index is 12.3. The van der Waals surface area contributed by atoms with Gasteiger partial charge in [0.1, 0.15) is 5.75 Å². The van der Waals surface area contributed by atoms with Crippen molar-refractivity contribution in [3.8, 4) is 16.9 Å². The third kappa shape index (κ3) is 4.26. The summed E-state index contributed by atoms with van der Waals surface area (Å²) in [4.78, 5) is 12.3. The average molecular weight is 335 g/mol. The van der Waals surface area contributed by atoms with Gasteiger partial charge >= 0.3 is 0 Å². The van der Waals surface area contributed by atoms with Crippen molar-refractivity contribution in [2.75, 3.05) is 6.61 Å². The molecule has 1 heterocycles. The van der Waals surface area contributed by atoms with Crippen LogP contribution < -0.4 is 10.1 Å². The second-order valence-electron chi connectivity index (χ2n) is 5.74. The predicted molar refractivity (Wildman–Crippen MR) is 97.4 cm³/mol. The molecule has 0 atom stereocenters. The van der Waals surface area contributed by atoms with Crippen molar-refractivity contribution in [1.29, 1.82) is 0 Å². The smallest absolute Gasteiger partial charge is 0.251 e. The number of amides is 1. The monoisotopic (exact) mass is 335 g/mol. The fraction of sp³-hybridized carbons (Fsp3) is 0.200. The number of nitrogens with zero attached hydrogens (tertiary/aromatic N) is 2. The van der Waals surface area contributed by atoms with E-state index in [1.165, 1.54) is 0 Å². The third-order valence-corrected chi connectivity index (χ3v) is 3.85. The van der Waals surface area contributed by atoms with Crippen molar-refractivity contribution in [2.24, 2.45) is 7.05 Å². The topological polar surface area (TPSA) is 56.1 Å². The molecule has 1 N–H and O–H groups in total. The lowest BCUT2D eigenvalue weighted by atomic mass is 10.1. The summed E-state index contributed by atoms with van der Waals surface area (Å²) in [6, 6.07) is 15.3. The first-order chi connectivity index (χ1) is 12.2. The molecule has 0 fully saturated rings. The molecule has 5 nitrogen and oxygen atoms in total. The zero-order valence-corrected chi connectivity index (χ0v) is 14.4. The van der Waals surface area contributed by atoms with Crippen LogP contribution in [0.25, 0.3) is 11.1 Å². The summed E-state index contributed by atoms with van der Waals surface area (Å²) in [5.41, 5.74) is 3.82. The molecule has 128 valence electrons. The molecule has 0 aliphatic carbocycles. The lowest BCUT2D eigenvalue weighted by molar-refractivity contribution is 0.0950. The number of hydrogen-bond donors (Lipinski definition) is 1. The van der Waals surface area contributed by atoms with Crippen molar-refractivity contribution < 1.29 is 9.53 Å². The zero-order valence-electron chi connectivity index (χ0n) is 14.4. The van der Waals surface area contributed by atoms with Crippen LogP contribution in [0.4, 0.5) is 0 Å². The largest absolute Gasteiger partial charge is 0.494 e. The molecule has 5 heteroatoms. The number of hydrogen-bond acceptors (Lipinski definition) is 3. The van der Waals surface area contributed by atoms with Gasteiger partial charge in [0.2, 0.25) is 0 Å². The first kappa shape index (κ1) is 16.8. The molecule has 2 aromatic carbocycles. The van der Waals surface area contributed by atoms with Gasteiger partial charge in [-0.05, 0) is 36.2 Å². The summed E-state index contributed by atoms with van der Waals surface area (Å²) in [5, 5.41) is 7.12. The van der Waals surface area contributed by atoms with E-state index in [0.29, 0.717) is 24.5 Å². The Hall–Kier alpha value is -3.08. The molecular weight excluding hydrogens is 314 g/mol. The Balaban J connectivity index is 1.61. The van der Waals surface area contributed by atoms with E-state index >= 15 is 0 Å². The van der Waals surface area contributed by atoms with Crippen molar-refractivity contribution in [3.63, 3.8) is 0 Å². The Kier molecular flexibility index (Phi) is 5.14. The summed E-state index contributed by atoms with van der Waals surface area (Å²) in [7, 11) is 1.90. The van der Waals surface area contributed by atoms with E-state index < -0.39 is 0 Å². The van der Waals surface area contributed by atoms with Crippen LogP contribution >= 0.6 is 0 Å². The molecule has 0 aliphatic rings. The molecule has 3 rings (SSSR count). The van der Waals surface area contributed by atoms with Gasteiger partial charge in [0.15, 0.2) is 0 Å². The maximum Gasteiger partial charge on any atom is 0.251 e. The van der Waals surface area contributed by atoms with Gasteiger partial charge in [-0.25, -0.2) is 0 Å². The van der Waals surface area contributed by atoms with E-state index in [1.807, 2.05) is 62.8 Å². The molecule has 0 radical (unpaired) electrons. The van der Waals surface area contributed by atoms with Crippen molar-refractivity contribution in [2.45, 2.75) is 13.5 Å². The highest BCUT2D eigenvalue weighted by molar-refractivity contribution is 5.94. The summed E-state index contributed by atoms with van der Waals surface area (Å²) in [6.45, 7) is 2.97.